The van der Waals surface area contributed by atoms with E-state index in [1.54, 1.807) is 16.7 Å². The summed E-state index contributed by atoms with van der Waals surface area (Å²) in [7, 11) is 0. The van der Waals surface area contributed by atoms with Crippen LogP contribution in [-0.2, 0) is 16.0 Å². The van der Waals surface area contributed by atoms with Gasteiger partial charge < -0.3 is 15.1 Å². The third-order valence-corrected chi connectivity index (χ3v) is 6.09. The van der Waals surface area contributed by atoms with Gasteiger partial charge in [0.05, 0.1) is 0 Å². The minimum absolute atomic E-state index is 0.0275. The summed E-state index contributed by atoms with van der Waals surface area (Å²) >= 11 is 0. The molecule has 3 amide bonds. The van der Waals surface area contributed by atoms with E-state index in [0.717, 1.165) is 36.3 Å². The molecule has 2 aromatic carbocycles. The fourth-order valence-electron chi connectivity index (χ4n) is 4.37. The number of nitrogens with zero attached hydrogens (tertiary/aromatic N) is 2. The number of amides is 3. The van der Waals surface area contributed by atoms with Crippen LogP contribution in [0.1, 0.15) is 42.1 Å². The smallest absolute Gasteiger partial charge is 0.253 e. The number of carbonyl (C=O) groups is 3. The molecule has 0 saturated carbocycles. The van der Waals surface area contributed by atoms with Crippen LogP contribution in [0.3, 0.4) is 0 Å². The van der Waals surface area contributed by atoms with Crippen LogP contribution in [0.2, 0.25) is 0 Å². The molecular weight excluding hydrogens is 397 g/mol. The van der Waals surface area contributed by atoms with Gasteiger partial charge in [0.25, 0.3) is 5.91 Å². The molecular formula is C24H26FN3O3. The molecule has 162 valence electrons. The van der Waals surface area contributed by atoms with E-state index in [1.807, 2.05) is 18.2 Å². The van der Waals surface area contributed by atoms with Crippen molar-refractivity contribution < 1.29 is 18.8 Å². The fraction of sp³-hybridized carbons (Fsp3) is 0.375. The number of hydrogen-bond donors (Lipinski definition) is 1. The van der Waals surface area contributed by atoms with Gasteiger partial charge in [-0.3, -0.25) is 14.4 Å². The lowest BCUT2D eigenvalue weighted by Crippen LogP contribution is -2.41. The average Bonchev–Trinajstić information content (AvgIpc) is 2.78. The predicted octanol–water partition coefficient (Wildman–Crippen LogP) is 3.62. The van der Waals surface area contributed by atoms with Crippen molar-refractivity contribution in [3.8, 4) is 0 Å². The molecule has 6 nitrogen and oxygen atoms in total. The van der Waals surface area contributed by atoms with Gasteiger partial charge in [-0.05, 0) is 73.7 Å². The quantitative estimate of drug-likeness (QED) is 0.820. The highest BCUT2D eigenvalue weighted by Gasteiger charge is 2.28. The first kappa shape index (κ1) is 21.0. The highest BCUT2D eigenvalue weighted by atomic mass is 19.1. The van der Waals surface area contributed by atoms with Gasteiger partial charge in [-0.1, -0.05) is 0 Å². The SMILES string of the molecule is CC(=O)N1CCCc2cc(NC(=O)C3CCN(C(=O)c4ccc(F)cc4)CC3)ccc21. The van der Waals surface area contributed by atoms with Gasteiger partial charge in [-0.2, -0.15) is 0 Å². The van der Waals surface area contributed by atoms with E-state index in [-0.39, 0.29) is 29.5 Å². The van der Waals surface area contributed by atoms with Gasteiger partial charge >= 0.3 is 0 Å². The summed E-state index contributed by atoms with van der Waals surface area (Å²) < 4.78 is 13.1. The van der Waals surface area contributed by atoms with Crippen LogP contribution in [0.5, 0.6) is 0 Å². The largest absolute Gasteiger partial charge is 0.339 e. The van der Waals surface area contributed by atoms with E-state index in [4.69, 9.17) is 0 Å². The first-order chi connectivity index (χ1) is 14.9. The van der Waals surface area contributed by atoms with Crippen molar-refractivity contribution in [2.75, 3.05) is 29.9 Å². The molecule has 2 aliphatic heterocycles. The molecule has 0 aliphatic carbocycles. The summed E-state index contributed by atoms with van der Waals surface area (Å²) in [4.78, 5) is 40.6. The molecule has 1 N–H and O–H groups in total. The standard InChI is InChI=1S/C24H26FN3O3/c1-16(29)28-12-2-3-19-15-21(8-9-22(19)28)26-23(30)17-10-13-27(14-11-17)24(31)18-4-6-20(25)7-5-18/h4-9,15,17H,2-3,10-14H2,1H3,(H,26,30). The van der Waals surface area contributed by atoms with Crippen molar-refractivity contribution in [3.05, 3.63) is 59.4 Å². The molecule has 0 spiro atoms. The van der Waals surface area contributed by atoms with Gasteiger partial charge in [0.2, 0.25) is 11.8 Å². The monoisotopic (exact) mass is 423 g/mol. The molecule has 0 unspecified atom stereocenters. The number of halogens is 1. The Morgan fingerprint density at radius 3 is 2.39 bits per heavy atom. The summed E-state index contributed by atoms with van der Waals surface area (Å²) in [5, 5.41) is 3.00. The highest BCUT2D eigenvalue weighted by molar-refractivity contribution is 5.96. The molecule has 0 atom stereocenters. The number of hydrogen-bond acceptors (Lipinski definition) is 3. The van der Waals surface area contributed by atoms with Crippen LogP contribution in [-0.4, -0.2) is 42.3 Å². The Morgan fingerprint density at radius 1 is 1.00 bits per heavy atom. The Labute approximate surface area is 181 Å². The maximum atomic E-state index is 13.1. The first-order valence-corrected chi connectivity index (χ1v) is 10.7. The number of anilines is 2. The third-order valence-electron chi connectivity index (χ3n) is 6.09. The zero-order valence-corrected chi connectivity index (χ0v) is 17.6. The molecule has 4 rings (SSSR count). The van der Waals surface area contributed by atoms with Gasteiger partial charge in [0.1, 0.15) is 5.82 Å². The van der Waals surface area contributed by atoms with Crippen molar-refractivity contribution in [1.82, 2.24) is 4.90 Å². The Morgan fingerprint density at radius 2 is 1.71 bits per heavy atom. The Bertz CT molecular complexity index is 998. The molecule has 31 heavy (non-hydrogen) atoms. The average molecular weight is 423 g/mol. The topological polar surface area (TPSA) is 69.7 Å². The van der Waals surface area contributed by atoms with E-state index in [2.05, 4.69) is 5.32 Å². The first-order valence-electron chi connectivity index (χ1n) is 10.7. The van der Waals surface area contributed by atoms with Crippen LogP contribution < -0.4 is 10.2 Å². The zero-order valence-electron chi connectivity index (χ0n) is 17.6. The number of aryl methyl sites for hydroxylation is 1. The minimum atomic E-state index is -0.372. The number of benzene rings is 2. The predicted molar refractivity (Wildman–Crippen MR) is 116 cm³/mol. The summed E-state index contributed by atoms with van der Waals surface area (Å²) in [6, 6.07) is 11.2. The summed E-state index contributed by atoms with van der Waals surface area (Å²) in [5.74, 6) is -0.693. The van der Waals surface area contributed by atoms with Gasteiger partial charge in [0, 0.05) is 49.4 Å². The Kier molecular flexibility index (Phi) is 6.02. The Hall–Kier alpha value is -3.22. The maximum absolute atomic E-state index is 13.1. The number of fused-ring (bicyclic) bond motifs is 1. The normalized spacial score (nSPS) is 16.6. The lowest BCUT2D eigenvalue weighted by atomic mass is 9.95. The van der Waals surface area contributed by atoms with Gasteiger partial charge in [0.15, 0.2) is 0 Å². The summed E-state index contributed by atoms with van der Waals surface area (Å²) in [6.45, 7) is 3.28. The molecule has 7 heteroatoms. The lowest BCUT2D eigenvalue weighted by Gasteiger charge is -2.32. The molecule has 2 aromatic rings. The fourth-order valence-corrected chi connectivity index (χ4v) is 4.37. The Balaban J connectivity index is 1.35. The molecule has 1 fully saturated rings. The molecule has 1 saturated heterocycles. The summed E-state index contributed by atoms with van der Waals surface area (Å²) in [6.07, 6.45) is 2.96. The minimum Gasteiger partial charge on any atom is -0.339 e. The van der Waals surface area contributed by atoms with Gasteiger partial charge in [-0.25, -0.2) is 4.39 Å². The van der Waals surface area contributed by atoms with E-state index < -0.39 is 0 Å². The lowest BCUT2D eigenvalue weighted by molar-refractivity contribution is -0.121. The van der Waals surface area contributed by atoms with E-state index in [1.165, 1.54) is 24.3 Å². The van der Waals surface area contributed by atoms with Crippen molar-refractivity contribution in [2.45, 2.75) is 32.6 Å². The molecule has 0 aromatic heterocycles. The van der Waals surface area contributed by atoms with Crippen molar-refractivity contribution >= 4 is 29.1 Å². The van der Waals surface area contributed by atoms with Crippen LogP contribution >= 0.6 is 0 Å². The summed E-state index contributed by atoms with van der Waals surface area (Å²) in [5.41, 5.74) is 3.18. The third kappa shape index (κ3) is 4.60. The molecule has 2 aliphatic rings. The number of carbonyl (C=O) groups excluding carboxylic acids is 3. The van der Waals surface area contributed by atoms with Crippen LogP contribution in [0.25, 0.3) is 0 Å². The number of rotatable bonds is 3. The van der Waals surface area contributed by atoms with E-state index in [9.17, 15) is 18.8 Å². The highest BCUT2D eigenvalue weighted by Crippen LogP contribution is 2.30. The van der Waals surface area contributed by atoms with Crippen molar-refractivity contribution in [2.24, 2.45) is 5.92 Å². The van der Waals surface area contributed by atoms with E-state index >= 15 is 0 Å². The maximum Gasteiger partial charge on any atom is 0.253 e. The van der Waals surface area contributed by atoms with Gasteiger partial charge in [-0.15, -0.1) is 0 Å². The van der Waals surface area contributed by atoms with Crippen molar-refractivity contribution in [3.63, 3.8) is 0 Å². The van der Waals surface area contributed by atoms with Crippen LogP contribution in [0, 0.1) is 11.7 Å². The second kappa shape index (κ2) is 8.88. The zero-order chi connectivity index (χ0) is 22.0. The second-order valence-electron chi connectivity index (χ2n) is 8.18. The van der Waals surface area contributed by atoms with E-state index in [0.29, 0.717) is 31.5 Å². The number of likely N-dealkylation sites (tertiary alicyclic amines) is 1. The number of nitrogens with one attached hydrogen (secondary N) is 1. The van der Waals surface area contributed by atoms with Crippen molar-refractivity contribution in [1.29, 1.82) is 0 Å². The van der Waals surface area contributed by atoms with Crippen LogP contribution in [0.15, 0.2) is 42.5 Å². The molecule has 0 radical (unpaired) electrons. The van der Waals surface area contributed by atoms with Crippen LogP contribution in [0.4, 0.5) is 15.8 Å². The second-order valence-corrected chi connectivity index (χ2v) is 8.18. The number of piperidine rings is 1. The molecule has 0 bridgehead atoms. The molecule has 2 heterocycles.